The summed E-state index contributed by atoms with van der Waals surface area (Å²) >= 11 is 0. The summed E-state index contributed by atoms with van der Waals surface area (Å²) in [6.45, 7) is 0. The van der Waals surface area contributed by atoms with Crippen molar-refractivity contribution in [3.05, 3.63) is 23.5 Å². The Kier molecular flexibility index (Phi) is 3.38. The topological polar surface area (TPSA) is 69.3 Å². The molecule has 0 saturated heterocycles. The number of anilines is 1. The summed E-state index contributed by atoms with van der Waals surface area (Å²) in [6.07, 6.45) is 3.46. The highest BCUT2D eigenvalue weighted by Gasteiger charge is 2.24. The van der Waals surface area contributed by atoms with Crippen molar-refractivity contribution in [2.45, 2.75) is 18.9 Å². The molecule has 1 saturated carbocycles. The smallest absolute Gasteiger partial charge is 0.262 e. The number of hydrogen-bond donors (Lipinski definition) is 1. The van der Waals surface area contributed by atoms with Gasteiger partial charge < -0.3 is 14.6 Å². The molecule has 0 unspecified atom stereocenters. The minimum absolute atomic E-state index is 0.0709. The second kappa shape index (κ2) is 4.96. The molecule has 0 radical (unpaired) electrons. The van der Waals surface area contributed by atoms with E-state index in [4.69, 9.17) is 9.68 Å². The average Bonchev–Trinajstić information content (AvgIpc) is 3.01. The van der Waals surface area contributed by atoms with Crippen LogP contribution in [0.3, 0.4) is 0 Å². The number of furan rings is 1. The molecule has 0 bridgehead atoms. The number of rotatable bonds is 4. The zero-order valence-corrected chi connectivity index (χ0v) is 10.4. The van der Waals surface area contributed by atoms with Gasteiger partial charge in [-0.25, -0.2) is 0 Å². The summed E-state index contributed by atoms with van der Waals surface area (Å²) in [4.78, 5) is 13.5. The SMILES string of the molecule is CN(C)c1ccc(/C=C(\C#N)C(=O)NC2CC2)o1. The highest BCUT2D eigenvalue weighted by Crippen LogP contribution is 2.21. The summed E-state index contributed by atoms with van der Waals surface area (Å²) in [6, 6.07) is 5.66. The molecule has 1 aliphatic rings. The lowest BCUT2D eigenvalue weighted by atomic mass is 10.2. The number of amides is 1. The predicted octanol–water partition coefficient (Wildman–Crippen LogP) is 1.53. The first-order valence-corrected chi connectivity index (χ1v) is 5.80. The lowest BCUT2D eigenvalue weighted by molar-refractivity contribution is -0.117. The van der Waals surface area contributed by atoms with Gasteiger partial charge in [0.05, 0.1) is 0 Å². The first-order valence-electron chi connectivity index (χ1n) is 5.80. The number of nitrogens with zero attached hydrogens (tertiary/aromatic N) is 2. The van der Waals surface area contributed by atoms with Crippen LogP contribution in [0.25, 0.3) is 6.08 Å². The van der Waals surface area contributed by atoms with Crippen LogP contribution in [-0.2, 0) is 4.79 Å². The molecule has 0 atom stereocenters. The molecule has 1 aromatic heterocycles. The van der Waals surface area contributed by atoms with Gasteiger partial charge in [0.1, 0.15) is 17.4 Å². The molecule has 0 aliphatic heterocycles. The van der Waals surface area contributed by atoms with Gasteiger partial charge in [-0.1, -0.05) is 0 Å². The quantitative estimate of drug-likeness (QED) is 0.645. The summed E-state index contributed by atoms with van der Waals surface area (Å²) in [5, 5.41) is 11.7. The van der Waals surface area contributed by atoms with Gasteiger partial charge in [-0.2, -0.15) is 5.26 Å². The van der Waals surface area contributed by atoms with Crippen LogP contribution >= 0.6 is 0 Å². The van der Waals surface area contributed by atoms with Gasteiger partial charge in [-0.3, -0.25) is 4.79 Å². The van der Waals surface area contributed by atoms with Gasteiger partial charge in [0, 0.05) is 32.3 Å². The Hall–Kier alpha value is -2.22. The molecule has 1 N–H and O–H groups in total. The van der Waals surface area contributed by atoms with E-state index in [1.165, 1.54) is 6.08 Å². The summed E-state index contributed by atoms with van der Waals surface area (Å²) in [5.41, 5.74) is 0.0709. The van der Waals surface area contributed by atoms with Crippen molar-refractivity contribution in [2.75, 3.05) is 19.0 Å². The average molecular weight is 245 g/mol. The molecule has 1 heterocycles. The van der Waals surface area contributed by atoms with Crippen molar-refractivity contribution in [1.29, 1.82) is 5.26 Å². The molecule has 5 nitrogen and oxygen atoms in total. The standard InChI is InChI=1S/C13H15N3O2/c1-16(2)12-6-5-11(18-12)7-9(8-14)13(17)15-10-3-4-10/h5-7,10H,3-4H2,1-2H3,(H,15,17)/b9-7+. The first-order chi connectivity index (χ1) is 8.60. The van der Waals surface area contributed by atoms with E-state index in [1.807, 2.05) is 25.1 Å². The van der Waals surface area contributed by atoms with Gasteiger partial charge in [0.15, 0.2) is 5.88 Å². The lowest BCUT2D eigenvalue weighted by Crippen LogP contribution is -2.26. The van der Waals surface area contributed by atoms with Crippen LogP contribution < -0.4 is 10.2 Å². The largest absolute Gasteiger partial charge is 0.441 e. The van der Waals surface area contributed by atoms with Crippen molar-refractivity contribution < 1.29 is 9.21 Å². The van der Waals surface area contributed by atoms with E-state index in [0.29, 0.717) is 11.6 Å². The number of carbonyl (C=O) groups is 1. The predicted molar refractivity (Wildman–Crippen MR) is 67.8 cm³/mol. The molecular weight excluding hydrogens is 230 g/mol. The Bertz CT molecular complexity index is 519. The van der Waals surface area contributed by atoms with E-state index < -0.39 is 0 Å². The van der Waals surface area contributed by atoms with Crippen LogP contribution in [0, 0.1) is 11.3 Å². The minimum Gasteiger partial charge on any atom is -0.441 e. The second-order valence-corrected chi connectivity index (χ2v) is 4.49. The van der Waals surface area contributed by atoms with Crippen LogP contribution in [-0.4, -0.2) is 26.0 Å². The Morgan fingerprint density at radius 1 is 1.56 bits per heavy atom. The van der Waals surface area contributed by atoms with Crippen molar-refractivity contribution in [3.63, 3.8) is 0 Å². The maximum absolute atomic E-state index is 11.7. The maximum Gasteiger partial charge on any atom is 0.262 e. The molecule has 18 heavy (non-hydrogen) atoms. The Balaban J connectivity index is 2.12. The van der Waals surface area contributed by atoms with Crippen LogP contribution in [0.4, 0.5) is 5.88 Å². The van der Waals surface area contributed by atoms with Crippen molar-refractivity contribution in [2.24, 2.45) is 0 Å². The normalized spacial score (nSPS) is 15.1. The van der Waals surface area contributed by atoms with E-state index in [9.17, 15) is 4.79 Å². The zero-order chi connectivity index (χ0) is 13.1. The lowest BCUT2D eigenvalue weighted by Gasteiger charge is -2.06. The minimum atomic E-state index is -0.331. The second-order valence-electron chi connectivity index (χ2n) is 4.49. The fourth-order valence-corrected chi connectivity index (χ4v) is 1.44. The molecule has 1 aromatic rings. The van der Waals surface area contributed by atoms with Gasteiger partial charge in [0.2, 0.25) is 0 Å². The van der Waals surface area contributed by atoms with E-state index in [-0.39, 0.29) is 17.5 Å². The van der Waals surface area contributed by atoms with E-state index in [2.05, 4.69) is 5.32 Å². The highest BCUT2D eigenvalue weighted by molar-refractivity contribution is 6.01. The molecule has 5 heteroatoms. The molecule has 0 spiro atoms. The fourth-order valence-electron chi connectivity index (χ4n) is 1.44. The fraction of sp³-hybridized carbons (Fsp3) is 0.385. The molecule has 94 valence electrons. The van der Waals surface area contributed by atoms with Crippen molar-refractivity contribution >= 4 is 17.9 Å². The Morgan fingerprint density at radius 2 is 2.28 bits per heavy atom. The van der Waals surface area contributed by atoms with Gasteiger partial charge >= 0.3 is 0 Å². The Morgan fingerprint density at radius 3 is 2.78 bits per heavy atom. The van der Waals surface area contributed by atoms with Crippen molar-refractivity contribution in [1.82, 2.24) is 5.32 Å². The number of hydrogen-bond acceptors (Lipinski definition) is 4. The third-order valence-electron chi connectivity index (χ3n) is 2.62. The molecule has 0 aromatic carbocycles. The third-order valence-corrected chi connectivity index (χ3v) is 2.62. The molecule has 1 fully saturated rings. The van der Waals surface area contributed by atoms with Gasteiger partial charge in [-0.05, 0) is 18.9 Å². The summed E-state index contributed by atoms with van der Waals surface area (Å²) in [5.74, 6) is 0.852. The van der Waals surface area contributed by atoms with E-state index in [1.54, 1.807) is 12.1 Å². The van der Waals surface area contributed by atoms with Gasteiger partial charge in [-0.15, -0.1) is 0 Å². The number of carbonyl (C=O) groups excluding carboxylic acids is 1. The molecule has 2 rings (SSSR count). The third kappa shape index (κ3) is 2.92. The van der Waals surface area contributed by atoms with Crippen LogP contribution in [0.1, 0.15) is 18.6 Å². The summed E-state index contributed by atoms with van der Waals surface area (Å²) in [7, 11) is 3.72. The molecule has 1 amide bonds. The molecule has 1 aliphatic carbocycles. The highest BCUT2D eigenvalue weighted by atomic mass is 16.4. The Labute approximate surface area is 106 Å². The summed E-state index contributed by atoms with van der Waals surface area (Å²) < 4.78 is 5.47. The maximum atomic E-state index is 11.7. The molecular formula is C13H15N3O2. The number of nitriles is 1. The van der Waals surface area contributed by atoms with Crippen molar-refractivity contribution in [3.8, 4) is 6.07 Å². The van der Waals surface area contributed by atoms with Crippen LogP contribution in [0.2, 0.25) is 0 Å². The first kappa shape index (κ1) is 12.2. The number of nitrogens with one attached hydrogen (secondary N) is 1. The van der Waals surface area contributed by atoms with E-state index in [0.717, 1.165) is 12.8 Å². The van der Waals surface area contributed by atoms with Crippen LogP contribution in [0.15, 0.2) is 22.1 Å². The van der Waals surface area contributed by atoms with E-state index >= 15 is 0 Å². The monoisotopic (exact) mass is 245 g/mol. The van der Waals surface area contributed by atoms with Crippen LogP contribution in [0.5, 0.6) is 0 Å². The van der Waals surface area contributed by atoms with Gasteiger partial charge in [0.25, 0.3) is 5.91 Å². The zero-order valence-electron chi connectivity index (χ0n) is 10.4.